The highest BCUT2D eigenvalue weighted by molar-refractivity contribution is 6.31. The van der Waals surface area contributed by atoms with E-state index in [0.717, 1.165) is 29.4 Å². The molecule has 2 N–H and O–H groups in total. The van der Waals surface area contributed by atoms with Gasteiger partial charge in [-0.1, -0.05) is 38.3 Å². The molecule has 0 bridgehead atoms. The van der Waals surface area contributed by atoms with Gasteiger partial charge in [0.25, 0.3) is 0 Å². The molecule has 0 aliphatic rings. The largest absolute Gasteiger partial charge is 0.327 e. The van der Waals surface area contributed by atoms with E-state index in [9.17, 15) is 0 Å². The lowest BCUT2D eigenvalue weighted by molar-refractivity contribution is 0.354. The summed E-state index contributed by atoms with van der Waals surface area (Å²) < 4.78 is 1.99. The second-order valence-electron chi connectivity index (χ2n) is 5.37. The number of hydrogen-bond acceptors (Lipinski definition) is 2. The Kier molecular flexibility index (Phi) is 6.87. The highest BCUT2D eigenvalue weighted by Gasteiger charge is 2.21. The van der Waals surface area contributed by atoms with Crippen LogP contribution in [0.3, 0.4) is 0 Å². The van der Waals surface area contributed by atoms with Gasteiger partial charge in [0.05, 0.1) is 16.4 Å². The Bertz CT molecular complexity index is 381. The van der Waals surface area contributed by atoms with Crippen LogP contribution in [0, 0.1) is 12.8 Å². The summed E-state index contributed by atoms with van der Waals surface area (Å²) in [4.78, 5) is 0. The molecular weight excluding hydrogens is 258 g/mol. The molecule has 0 spiro atoms. The van der Waals surface area contributed by atoms with Crippen LogP contribution >= 0.6 is 11.6 Å². The van der Waals surface area contributed by atoms with Gasteiger partial charge >= 0.3 is 0 Å². The predicted octanol–water partition coefficient (Wildman–Crippen LogP) is 3.95. The van der Waals surface area contributed by atoms with E-state index in [-0.39, 0.29) is 6.04 Å². The minimum Gasteiger partial charge on any atom is -0.327 e. The van der Waals surface area contributed by atoms with Crippen molar-refractivity contribution in [1.82, 2.24) is 9.78 Å². The van der Waals surface area contributed by atoms with Crippen LogP contribution in [0.15, 0.2) is 0 Å². The number of nitrogens with two attached hydrogens (primary N) is 1. The number of rotatable bonds is 8. The van der Waals surface area contributed by atoms with E-state index in [2.05, 4.69) is 25.9 Å². The third-order valence-corrected chi connectivity index (χ3v) is 4.30. The molecule has 1 rings (SSSR count). The van der Waals surface area contributed by atoms with Gasteiger partial charge in [-0.25, -0.2) is 0 Å². The van der Waals surface area contributed by atoms with Gasteiger partial charge < -0.3 is 5.73 Å². The van der Waals surface area contributed by atoms with Crippen LogP contribution in [0.1, 0.15) is 57.8 Å². The molecule has 0 aliphatic carbocycles. The first kappa shape index (κ1) is 16.5. The number of aromatic nitrogens is 2. The quantitative estimate of drug-likeness (QED) is 0.786. The number of hydrogen-bond donors (Lipinski definition) is 1. The van der Waals surface area contributed by atoms with Crippen LogP contribution in [0.25, 0.3) is 0 Å². The molecule has 1 heterocycles. The maximum Gasteiger partial charge on any atom is 0.0847 e. The first-order valence-corrected chi connectivity index (χ1v) is 7.90. The monoisotopic (exact) mass is 285 g/mol. The maximum atomic E-state index is 6.42. The molecule has 19 heavy (non-hydrogen) atoms. The molecule has 1 aromatic rings. The first-order valence-electron chi connectivity index (χ1n) is 7.52. The third kappa shape index (κ3) is 4.22. The Hall–Kier alpha value is -0.540. The van der Waals surface area contributed by atoms with Gasteiger partial charge in [0.15, 0.2) is 0 Å². The van der Waals surface area contributed by atoms with Crippen molar-refractivity contribution in [1.29, 1.82) is 0 Å². The fraction of sp³-hybridized carbons (Fsp3) is 0.800. The van der Waals surface area contributed by atoms with E-state index in [1.165, 1.54) is 25.7 Å². The third-order valence-electron chi connectivity index (χ3n) is 3.81. The second-order valence-corrected chi connectivity index (χ2v) is 5.75. The van der Waals surface area contributed by atoms with Gasteiger partial charge in [0, 0.05) is 19.0 Å². The summed E-state index contributed by atoms with van der Waals surface area (Å²) in [5.74, 6) is 0.589. The second kappa shape index (κ2) is 7.91. The zero-order valence-corrected chi connectivity index (χ0v) is 13.5. The van der Waals surface area contributed by atoms with E-state index >= 15 is 0 Å². The molecule has 0 saturated carbocycles. The Labute approximate surface area is 122 Å². The van der Waals surface area contributed by atoms with Crippen molar-refractivity contribution < 1.29 is 0 Å². The van der Waals surface area contributed by atoms with Crippen molar-refractivity contribution in [2.75, 3.05) is 0 Å². The van der Waals surface area contributed by atoms with Crippen molar-refractivity contribution >= 4 is 11.6 Å². The minimum atomic E-state index is 0.179. The molecule has 0 amide bonds. The molecule has 0 fully saturated rings. The molecular formula is C15H28ClN3. The minimum absolute atomic E-state index is 0.179. The summed E-state index contributed by atoms with van der Waals surface area (Å²) in [6.45, 7) is 9.35. The van der Waals surface area contributed by atoms with Crippen molar-refractivity contribution in [3.63, 3.8) is 0 Å². The van der Waals surface area contributed by atoms with Gasteiger partial charge in [-0.2, -0.15) is 5.10 Å². The first-order chi connectivity index (χ1) is 9.04. The van der Waals surface area contributed by atoms with Crippen molar-refractivity contribution in [3.8, 4) is 0 Å². The van der Waals surface area contributed by atoms with E-state index in [4.69, 9.17) is 17.3 Å². The lowest BCUT2D eigenvalue weighted by Gasteiger charge is -2.23. The summed E-state index contributed by atoms with van der Waals surface area (Å²) in [6.07, 6.45) is 5.62. The van der Waals surface area contributed by atoms with Crippen LogP contribution in [-0.4, -0.2) is 15.8 Å². The molecule has 0 saturated heterocycles. The molecule has 4 heteroatoms. The Balaban J connectivity index is 2.82. The summed E-state index contributed by atoms with van der Waals surface area (Å²) in [5.41, 5.74) is 8.44. The molecule has 110 valence electrons. The average Bonchev–Trinajstić information content (AvgIpc) is 2.66. The molecule has 3 nitrogen and oxygen atoms in total. The van der Waals surface area contributed by atoms with Crippen LogP contribution in [0.5, 0.6) is 0 Å². The SMILES string of the molecule is CCCC(CCC)C(N)Cc1c(Cl)c(C)nn1CC. The lowest BCUT2D eigenvalue weighted by Crippen LogP contribution is -2.33. The van der Waals surface area contributed by atoms with Gasteiger partial charge in [0.2, 0.25) is 0 Å². The summed E-state index contributed by atoms with van der Waals surface area (Å²) in [5, 5.41) is 5.26. The summed E-state index contributed by atoms with van der Waals surface area (Å²) >= 11 is 6.36. The highest BCUT2D eigenvalue weighted by atomic mass is 35.5. The molecule has 0 aromatic carbocycles. The smallest absolute Gasteiger partial charge is 0.0847 e. The van der Waals surface area contributed by atoms with Gasteiger partial charge in [-0.15, -0.1) is 0 Å². The van der Waals surface area contributed by atoms with Crippen molar-refractivity contribution in [2.45, 2.75) is 72.4 Å². The molecule has 0 radical (unpaired) electrons. The highest BCUT2D eigenvalue weighted by Crippen LogP contribution is 2.25. The molecule has 0 aliphatic heterocycles. The standard InChI is InChI=1S/C15H28ClN3/c1-5-8-12(9-6-2)13(17)10-14-15(16)11(4)18-19(14)7-3/h12-13H,5-10,17H2,1-4H3. The normalized spacial score (nSPS) is 13.2. The van der Waals surface area contributed by atoms with Crippen LogP contribution in [0.2, 0.25) is 5.02 Å². The van der Waals surface area contributed by atoms with E-state index in [0.29, 0.717) is 5.92 Å². The Morgan fingerprint density at radius 3 is 2.26 bits per heavy atom. The van der Waals surface area contributed by atoms with E-state index < -0.39 is 0 Å². The zero-order valence-electron chi connectivity index (χ0n) is 12.7. The summed E-state index contributed by atoms with van der Waals surface area (Å²) in [7, 11) is 0. The van der Waals surface area contributed by atoms with Crippen LogP contribution in [0.4, 0.5) is 0 Å². The van der Waals surface area contributed by atoms with Crippen molar-refractivity contribution in [2.24, 2.45) is 11.7 Å². The number of nitrogens with zero attached hydrogens (tertiary/aromatic N) is 2. The summed E-state index contributed by atoms with van der Waals surface area (Å²) in [6, 6.07) is 0.179. The van der Waals surface area contributed by atoms with Gasteiger partial charge in [-0.3, -0.25) is 4.68 Å². The zero-order chi connectivity index (χ0) is 14.4. The van der Waals surface area contributed by atoms with E-state index in [1.54, 1.807) is 0 Å². The van der Waals surface area contributed by atoms with Crippen molar-refractivity contribution in [3.05, 3.63) is 16.4 Å². The number of aryl methyl sites for hydroxylation is 2. The fourth-order valence-electron chi connectivity index (χ4n) is 2.77. The van der Waals surface area contributed by atoms with Gasteiger partial charge in [0.1, 0.15) is 0 Å². The Morgan fingerprint density at radius 2 is 1.79 bits per heavy atom. The van der Waals surface area contributed by atoms with Crippen LogP contribution in [-0.2, 0) is 13.0 Å². The fourth-order valence-corrected chi connectivity index (χ4v) is 2.98. The molecule has 1 unspecified atom stereocenters. The van der Waals surface area contributed by atoms with Gasteiger partial charge in [-0.05, 0) is 32.6 Å². The molecule has 1 aromatic heterocycles. The molecule has 1 atom stereocenters. The average molecular weight is 286 g/mol. The van der Waals surface area contributed by atoms with Crippen LogP contribution < -0.4 is 5.73 Å². The maximum absolute atomic E-state index is 6.42. The Morgan fingerprint density at radius 1 is 1.21 bits per heavy atom. The lowest BCUT2D eigenvalue weighted by atomic mass is 9.88. The topological polar surface area (TPSA) is 43.8 Å². The predicted molar refractivity (Wildman–Crippen MR) is 82.6 cm³/mol. The number of halogens is 1. The van der Waals surface area contributed by atoms with E-state index in [1.807, 2.05) is 11.6 Å².